The first kappa shape index (κ1) is 21.0. The molecule has 8 heteroatoms. The van der Waals surface area contributed by atoms with Gasteiger partial charge < -0.3 is 15.7 Å². The third kappa shape index (κ3) is 4.82. The highest BCUT2D eigenvalue weighted by Crippen LogP contribution is 2.26. The molecular weight excluding hydrogens is 402 g/mol. The second-order valence-electron chi connectivity index (χ2n) is 6.54. The van der Waals surface area contributed by atoms with E-state index in [9.17, 15) is 19.5 Å². The average Bonchev–Trinajstić information content (AvgIpc) is 3.16. The number of nitrogens with one attached hydrogen (secondary N) is 2. The molecule has 152 valence electrons. The number of nitrogens with zero attached hydrogens (tertiary/aromatic N) is 1. The van der Waals surface area contributed by atoms with Crippen LogP contribution < -0.4 is 10.6 Å². The molecular formula is C22H19N3O4S. The minimum Gasteiger partial charge on any atom is -0.478 e. The van der Waals surface area contributed by atoms with Crippen LogP contribution in [0.15, 0.2) is 53.9 Å². The summed E-state index contributed by atoms with van der Waals surface area (Å²) in [6.07, 6.45) is 0.388. The highest BCUT2D eigenvalue weighted by molar-refractivity contribution is 7.17. The number of hydrogen-bond donors (Lipinski definition) is 3. The molecule has 0 spiro atoms. The van der Waals surface area contributed by atoms with Crippen molar-refractivity contribution >= 4 is 39.2 Å². The molecule has 0 saturated carbocycles. The van der Waals surface area contributed by atoms with E-state index in [2.05, 4.69) is 10.6 Å². The van der Waals surface area contributed by atoms with Gasteiger partial charge in [-0.15, -0.1) is 11.3 Å². The van der Waals surface area contributed by atoms with Crippen LogP contribution in [0.4, 0.5) is 0 Å². The smallest absolute Gasteiger partial charge is 0.336 e. The maximum atomic E-state index is 12.8. The molecule has 0 bridgehead atoms. The number of fused-ring (bicyclic) bond motifs is 1. The molecule has 30 heavy (non-hydrogen) atoms. The quantitative estimate of drug-likeness (QED) is 0.483. The van der Waals surface area contributed by atoms with Crippen molar-refractivity contribution in [3.05, 3.63) is 70.6 Å². The molecule has 2 aromatic carbocycles. The van der Waals surface area contributed by atoms with Crippen molar-refractivity contribution in [2.45, 2.75) is 18.9 Å². The lowest BCUT2D eigenvalue weighted by Gasteiger charge is -2.19. The standard InChI is InChI=1S/C22H19N3O4S/c23-10-5-11-24-21(27)18(12-14-13-30-19-9-4-3-6-15(14)19)25-20(26)16-7-1-2-8-17(16)22(28)29/h1-4,6-9,13,18H,5,11-12H2,(H,24,27)(H,25,26)(H,28,29). The van der Waals surface area contributed by atoms with Gasteiger partial charge in [0.2, 0.25) is 5.91 Å². The highest BCUT2D eigenvalue weighted by atomic mass is 32.1. The van der Waals surface area contributed by atoms with Gasteiger partial charge in [-0.2, -0.15) is 5.26 Å². The van der Waals surface area contributed by atoms with Gasteiger partial charge in [0.1, 0.15) is 6.04 Å². The van der Waals surface area contributed by atoms with Gasteiger partial charge >= 0.3 is 5.97 Å². The Balaban J connectivity index is 1.86. The van der Waals surface area contributed by atoms with Gasteiger partial charge in [0.05, 0.1) is 23.6 Å². The van der Waals surface area contributed by atoms with Crippen molar-refractivity contribution in [3.63, 3.8) is 0 Å². The van der Waals surface area contributed by atoms with Gasteiger partial charge in [0, 0.05) is 17.7 Å². The number of nitriles is 1. The van der Waals surface area contributed by atoms with E-state index in [0.29, 0.717) is 0 Å². The molecule has 3 rings (SSSR count). The van der Waals surface area contributed by atoms with Crippen molar-refractivity contribution in [3.8, 4) is 6.07 Å². The molecule has 0 fully saturated rings. The minimum atomic E-state index is -1.22. The topological polar surface area (TPSA) is 119 Å². The van der Waals surface area contributed by atoms with E-state index in [1.54, 1.807) is 17.4 Å². The zero-order chi connectivity index (χ0) is 21.5. The van der Waals surface area contributed by atoms with Gasteiger partial charge in [-0.3, -0.25) is 9.59 Å². The molecule has 3 N–H and O–H groups in total. The highest BCUT2D eigenvalue weighted by Gasteiger charge is 2.25. The summed E-state index contributed by atoms with van der Waals surface area (Å²) in [5, 5.41) is 26.3. The Kier molecular flexibility index (Phi) is 6.78. The monoisotopic (exact) mass is 421 g/mol. The number of hydrogen-bond acceptors (Lipinski definition) is 5. The van der Waals surface area contributed by atoms with E-state index in [1.807, 2.05) is 35.7 Å². The number of carboxylic acid groups (broad SMARTS) is 1. The third-order valence-corrected chi connectivity index (χ3v) is 5.56. The van der Waals surface area contributed by atoms with Crippen LogP contribution in [0.1, 0.15) is 32.7 Å². The third-order valence-electron chi connectivity index (χ3n) is 4.55. The molecule has 0 radical (unpaired) electrons. The lowest BCUT2D eigenvalue weighted by Crippen LogP contribution is -2.48. The predicted molar refractivity (Wildman–Crippen MR) is 113 cm³/mol. The Labute approximate surface area is 177 Å². The summed E-state index contributed by atoms with van der Waals surface area (Å²) in [6, 6.07) is 14.6. The Bertz CT molecular complexity index is 1130. The Hall–Kier alpha value is -3.70. The van der Waals surface area contributed by atoms with Crippen LogP contribution in [0.5, 0.6) is 0 Å². The summed E-state index contributed by atoms with van der Waals surface area (Å²) >= 11 is 1.55. The van der Waals surface area contributed by atoms with Gasteiger partial charge in [-0.1, -0.05) is 30.3 Å². The first-order valence-corrected chi connectivity index (χ1v) is 10.1. The van der Waals surface area contributed by atoms with Crippen LogP contribution in [-0.2, 0) is 11.2 Å². The zero-order valence-electron chi connectivity index (χ0n) is 15.9. The van der Waals surface area contributed by atoms with Crippen molar-refractivity contribution < 1.29 is 19.5 Å². The molecule has 1 atom stereocenters. The Morgan fingerprint density at radius 2 is 1.77 bits per heavy atom. The molecule has 7 nitrogen and oxygen atoms in total. The molecule has 1 aromatic heterocycles. The summed E-state index contributed by atoms with van der Waals surface area (Å²) in [7, 11) is 0. The Morgan fingerprint density at radius 3 is 2.50 bits per heavy atom. The second kappa shape index (κ2) is 9.67. The van der Waals surface area contributed by atoms with E-state index in [1.165, 1.54) is 18.2 Å². The van der Waals surface area contributed by atoms with Gasteiger partial charge in [0.15, 0.2) is 0 Å². The number of aromatic carboxylic acids is 1. The fourth-order valence-electron chi connectivity index (χ4n) is 3.09. The minimum absolute atomic E-state index is 0.0185. The molecule has 0 aliphatic carbocycles. The number of carboxylic acids is 1. The summed E-state index contributed by atoms with van der Waals surface area (Å²) in [5.41, 5.74) is 0.748. The van der Waals surface area contributed by atoms with E-state index >= 15 is 0 Å². The number of thiophene rings is 1. The predicted octanol–water partition coefficient (Wildman–Crippen LogP) is 2.97. The maximum absolute atomic E-state index is 12.8. The van der Waals surface area contributed by atoms with Crippen molar-refractivity contribution in [2.24, 2.45) is 0 Å². The number of carbonyl (C=O) groups excluding carboxylic acids is 2. The first-order valence-electron chi connectivity index (χ1n) is 9.24. The Morgan fingerprint density at radius 1 is 1.07 bits per heavy atom. The largest absolute Gasteiger partial charge is 0.478 e. The summed E-state index contributed by atoms with van der Waals surface area (Å²) < 4.78 is 1.07. The molecule has 3 aromatic rings. The van der Waals surface area contributed by atoms with Gasteiger partial charge in [-0.05, 0) is 34.5 Å². The summed E-state index contributed by atoms with van der Waals surface area (Å²) in [6.45, 7) is 0.164. The average molecular weight is 421 g/mol. The van der Waals surface area contributed by atoms with E-state index in [4.69, 9.17) is 5.26 Å². The fraction of sp³-hybridized carbons (Fsp3) is 0.182. The molecule has 1 unspecified atom stereocenters. The summed E-state index contributed by atoms with van der Waals surface area (Å²) in [4.78, 5) is 37.0. The SMILES string of the molecule is N#CCCNC(=O)C(Cc1csc2ccccc12)NC(=O)c1ccccc1C(=O)O. The fourth-order valence-corrected chi connectivity index (χ4v) is 4.06. The van der Waals surface area contributed by atoms with Crippen LogP contribution in [0, 0.1) is 11.3 Å². The van der Waals surface area contributed by atoms with Crippen LogP contribution in [0.25, 0.3) is 10.1 Å². The molecule has 1 heterocycles. The zero-order valence-corrected chi connectivity index (χ0v) is 16.7. The van der Waals surface area contributed by atoms with Crippen LogP contribution >= 0.6 is 11.3 Å². The van der Waals surface area contributed by atoms with Crippen molar-refractivity contribution in [1.29, 1.82) is 5.26 Å². The lowest BCUT2D eigenvalue weighted by atomic mass is 10.0. The first-order chi connectivity index (χ1) is 14.5. The van der Waals surface area contributed by atoms with Gasteiger partial charge in [0.25, 0.3) is 5.91 Å². The van der Waals surface area contributed by atoms with E-state index in [-0.39, 0.29) is 30.5 Å². The lowest BCUT2D eigenvalue weighted by molar-refractivity contribution is -0.122. The van der Waals surface area contributed by atoms with Crippen LogP contribution in [0.3, 0.4) is 0 Å². The van der Waals surface area contributed by atoms with Crippen molar-refractivity contribution in [1.82, 2.24) is 10.6 Å². The van der Waals surface area contributed by atoms with Crippen LogP contribution in [0.2, 0.25) is 0 Å². The number of benzene rings is 2. The van der Waals surface area contributed by atoms with E-state index in [0.717, 1.165) is 15.6 Å². The molecule has 0 aliphatic rings. The van der Waals surface area contributed by atoms with Crippen LogP contribution in [-0.4, -0.2) is 35.5 Å². The second-order valence-corrected chi connectivity index (χ2v) is 7.45. The maximum Gasteiger partial charge on any atom is 0.336 e. The number of carbonyl (C=O) groups is 3. The molecule has 2 amide bonds. The molecule has 0 aliphatic heterocycles. The van der Waals surface area contributed by atoms with E-state index < -0.39 is 23.8 Å². The number of amides is 2. The summed E-state index contributed by atoms with van der Waals surface area (Å²) in [5.74, 6) is -2.30. The van der Waals surface area contributed by atoms with Gasteiger partial charge in [-0.25, -0.2) is 4.79 Å². The normalized spacial score (nSPS) is 11.4. The number of rotatable bonds is 8. The molecule has 0 saturated heterocycles. The van der Waals surface area contributed by atoms with Crippen molar-refractivity contribution in [2.75, 3.05) is 6.54 Å².